The average Bonchev–Trinajstić information content (AvgIpc) is 2.49. The van der Waals surface area contributed by atoms with E-state index >= 15 is 0 Å². The van der Waals surface area contributed by atoms with Crippen molar-refractivity contribution in [2.24, 2.45) is 0 Å². The van der Waals surface area contributed by atoms with E-state index in [2.05, 4.69) is 9.88 Å². The van der Waals surface area contributed by atoms with Gasteiger partial charge in [0.25, 0.3) is 0 Å². The Morgan fingerprint density at radius 1 is 1.32 bits per heavy atom. The van der Waals surface area contributed by atoms with Gasteiger partial charge in [-0.05, 0) is 43.7 Å². The third kappa shape index (κ3) is 3.57. The van der Waals surface area contributed by atoms with Crippen LogP contribution in [0.3, 0.4) is 0 Å². The van der Waals surface area contributed by atoms with Gasteiger partial charge in [-0.1, -0.05) is 24.1 Å². The van der Waals surface area contributed by atoms with Crippen molar-refractivity contribution in [1.82, 2.24) is 9.88 Å². The van der Waals surface area contributed by atoms with Crippen molar-refractivity contribution in [2.45, 2.75) is 38.3 Å². The van der Waals surface area contributed by atoms with Crippen molar-refractivity contribution in [3.05, 3.63) is 41.0 Å². The number of rotatable bonds is 4. The van der Waals surface area contributed by atoms with Crippen LogP contribution in [0.2, 0.25) is 5.02 Å². The lowest BCUT2D eigenvalue weighted by Gasteiger charge is -2.34. The number of aliphatic carboxylic acids is 1. The normalized spacial score (nSPS) is 19.4. The van der Waals surface area contributed by atoms with Gasteiger partial charge in [0.1, 0.15) is 0 Å². The largest absolute Gasteiger partial charge is 0.481 e. The number of aromatic nitrogens is 1. The molecule has 22 heavy (non-hydrogen) atoms. The van der Waals surface area contributed by atoms with Crippen LogP contribution in [-0.4, -0.2) is 33.5 Å². The van der Waals surface area contributed by atoms with E-state index in [1.807, 2.05) is 30.3 Å². The molecule has 0 saturated carbocycles. The number of hydrogen-bond donors (Lipinski definition) is 1. The van der Waals surface area contributed by atoms with E-state index in [1.54, 1.807) is 0 Å². The zero-order valence-electron chi connectivity index (χ0n) is 12.3. The molecule has 116 valence electrons. The first-order valence-corrected chi connectivity index (χ1v) is 8.00. The van der Waals surface area contributed by atoms with Gasteiger partial charge in [0.15, 0.2) is 0 Å². The Hall–Kier alpha value is -1.65. The molecule has 5 heteroatoms. The van der Waals surface area contributed by atoms with Crippen LogP contribution in [0, 0.1) is 0 Å². The Morgan fingerprint density at radius 3 is 3.00 bits per heavy atom. The second-order valence-electron chi connectivity index (χ2n) is 5.86. The molecule has 2 heterocycles. The monoisotopic (exact) mass is 318 g/mol. The van der Waals surface area contributed by atoms with Crippen LogP contribution in [0.4, 0.5) is 0 Å². The van der Waals surface area contributed by atoms with E-state index in [9.17, 15) is 4.79 Å². The number of carboxylic acids is 1. The molecule has 3 rings (SSSR count). The van der Waals surface area contributed by atoms with Crippen molar-refractivity contribution in [2.75, 3.05) is 6.54 Å². The molecule has 1 fully saturated rings. The van der Waals surface area contributed by atoms with Gasteiger partial charge in [0, 0.05) is 23.0 Å². The van der Waals surface area contributed by atoms with Gasteiger partial charge >= 0.3 is 5.97 Å². The topological polar surface area (TPSA) is 53.4 Å². The van der Waals surface area contributed by atoms with E-state index in [0.717, 1.165) is 42.4 Å². The third-order valence-electron chi connectivity index (χ3n) is 4.23. The molecule has 0 radical (unpaired) electrons. The number of nitrogens with zero attached hydrogens (tertiary/aromatic N) is 2. The highest BCUT2D eigenvalue weighted by Gasteiger charge is 2.24. The summed E-state index contributed by atoms with van der Waals surface area (Å²) in [5.74, 6) is -0.724. The van der Waals surface area contributed by atoms with Crippen LogP contribution in [0.25, 0.3) is 10.9 Å². The van der Waals surface area contributed by atoms with Crippen LogP contribution < -0.4 is 0 Å². The molecule has 0 bridgehead atoms. The Labute approximate surface area is 134 Å². The van der Waals surface area contributed by atoms with Gasteiger partial charge < -0.3 is 5.11 Å². The molecule has 0 spiro atoms. The minimum absolute atomic E-state index is 0.119. The average molecular weight is 319 g/mol. The predicted molar refractivity (Wildman–Crippen MR) is 87.1 cm³/mol. The molecule has 1 N–H and O–H groups in total. The van der Waals surface area contributed by atoms with Crippen molar-refractivity contribution >= 4 is 28.5 Å². The van der Waals surface area contributed by atoms with E-state index < -0.39 is 5.97 Å². The summed E-state index contributed by atoms with van der Waals surface area (Å²) in [5.41, 5.74) is 1.90. The minimum atomic E-state index is -0.724. The van der Waals surface area contributed by atoms with Crippen molar-refractivity contribution in [3.8, 4) is 0 Å². The lowest BCUT2D eigenvalue weighted by atomic mass is 9.99. The van der Waals surface area contributed by atoms with Gasteiger partial charge in [-0.2, -0.15) is 0 Å². The van der Waals surface area contributed by atoms with Crippen LogP contribution in [0.1, 0.15) is 31.4 Å². The van der Waals surface area contributed by atoms with Crippen molar-refractivity contribution in [1.29, 1.82) is 0 Å². The maximum atomic E-state index is 11.0. The summed E-state index contributed by atoms with van der Waals surface area (Å²) in [6.45, 7) is 1.65. The molecular formula is C17H19ClN2O2. The molecule has 1 aromatic heterocycles. The number of piperidine rings is 1. The quantitative estimate of drug-likeness (QED) is 0.933. The van der Waals surface area contributed by atoms with Crippen molar-refractivity contribution < 1.29 is 9.90 Å². The molecule has 1 aliphatic rings. The van der Waals surface area contributed by atoms with Crippen LogP contribution in [-0.2, 0) is 11.3 Å². The summed E-state index contributed by atoms with van der Waals surface area (Å²) < 4.78 is 0. The first kappa shape index (κ1) is 15.3. The molecular weight excluding hydrogens is 300 g/mol. The Bertz CT molecular complexity index is 689. The molecule has 1 unspecified atom stereocenters. The third-order valence-corrected chi connectivity index (χ3v) is 4.47. The molecule has 1 aromatic carbocycles. The molecule has 0 amide bonds. The molecule has 1 aliphatic heterocycles. The minimum Gasteiger partial charge on any atom is -0.481 e. The standard InChI is InChI=1S/C17H19ClN2O2/c18-13-5-7-16-12(9-13)4-6-14(19-16)11-20-8-2-1-3-15(20)10-17(21)22/h4-7,9,15H,1-3,8,10-11H2,(H,21,22). The summed E-state index contributed by atoms with van der Waals surface area (Å²) in [6, 6.07) is 9.82. The summed E-state index contributed by atoms with van der Waals surface area (Å²) in [6.07, 6.45) is 3.40. The van der Waals surface area contributed by atoms with E-state index in [4.69, 9.17) is 16.7 Å². The number of carbonyl (C=O) groups is 1. The number of hydrogen-bond acceptors (Lipinski definition) is 3. The summed E-state index contributed by atoms with van der Waals surface area (Å²) in [4.78, 5) is 17.9. The van der Waals surface area contributed by atoms with Gasteiger partial charge in [-0.3, -0.25) is 14.7 Å². The second-order valence-corrected chi connectivity index (χ2v) is 6.29. The zero-order chi connectivity index (χ0) is 15.5. The number of halogens is 1. The van der Waals surface area contributed by atoms with Gasteiger partial charge in [-0.15, -0.1) is 0 Å². The zero-order valence-corrected chi connectivity index (χ0v) is 13.1. The Kier molecular flexibility index (Phi) is 4.60. The maximum absolute atomic E-state index is 11.0. The van der Waals surface area contributed by atoms with E-state index in [-0.39, 0.29) is 12.5 Å². The summed E-state index contributed by atoms with van der Waals surface area (Å²) >= 11 is 5.99. The maximum Gasteiger partial charge on any atom is 0.304 e. The van der Waals surface area contributed by atoms with Crippen molar-refractivity contribution in [3.63, 3.8) is 0 Å². The number of pyridine rings is 1. The number of likely N-dealkylation sites (tertiary alicyclic amines) is 1. The SMILES string of the molecule is O=C(O)CC1CCCCN1Cc1ccc2cc(Cl)ccc2n1. The van der Waals surface area contributed by atoms with E-state index in [1.165, 1.54) is 0 Å². The lowest BCUT2D eigenvalue weighted by molar-refractivity contribution is -0.138. The first-order valence-electron chi connectivity index (χ1n) is 7.63. The summed E-state index contributed by atoms with van der Waals surface area (Å²) in [5, 5.41) is 10.8. The number of benzene rings is 1. The highest BCUT2D eigenvalue weighted by Crippen LogP contribution is 2.23. The van der Waals surface area contributed by atoms with E-state index in [0.29, 0.717) is 11.6 Å². The Balaban J connectivity index is 1.78. The molecule has 4 nitrogen and oxygen atoms in total. The fourth-order valence-electron chi connectivity index (χ4n) is 3.14. The number of fused-ring (bicyclic) bond motifs is 1. The fraction of sp³-hybridized carbons (Fsp3) is 0.412. The second kappa shape index (κ2) is 6.63. The van der Waals surface area contributed by atoms with Crippen LogP contribution in [0.15, 0.2) is 30.3 Å². The number of carboxylic acid groups (broad SMARTS) is 1. The van der Waals surface area contributed by atoms with Crippen LogP contribution >= 0.6 is 11.6 Å². The highest BCUT2D eigenvalue weighted by atomic mass is 35.5. The molecule has 1 saturated heterocycles. The highest BCUT2D eigenvalue weighted by molar-refractivity contribution is 6.31. The first-order chi connectivity index (χ1) is 10.6. The molecule has 2 aromatic rings. The Morgan fingerprint density at radius 2 is 2.18 bits per heavy atom. The van der Waals surface area contributed by atoms with Gasteiger partial charge in [0.05, 0.1) is 17.6 Å². The van der Waals surface area contributed by atoms with Gasteiger partial charge in [0.2, 0.25) is 0 Å². The fourth-order valence-corrected chi connectivity index (χ4v) is 3.32. The predicted octanol–water partition coefficient (Wildman–Crippen LogP) is 3.72. The lowest BCUT2D eigenvalue weighted by Crippen LogP contribution is -2.40. The molecule has 1 atom stereocenters. The van der Waals surface area contributed by atoms with Crippen LogP contribution in [0.5, 0.6) is 0 Å². The smallest absolute Gasteiger partial charge is 0.304 e. The molecule has 0 aliphatic carbocycles. The summed E-state index contributed by atoms with van der Waals surface area (Å²) in [7, 11) is 0. The van der Waals surface area contributed by atoms with Gasteiger partial charge in [-0.25, -0.2) is 0 Å².